The zero-order valence-electron chi connectivity index (χ0n) is 26.3. The predicted molar refractivity (Wildman–Crippen MR) is 169 cm³/mol. The first-order valence-corrected chi connectivity index (χ1v) is 15.5. The molecule has 254 valence electrons. The first-order chi connectivity index (χ1) is 22.8. The summed E-state index contributed by atoms with van der Waals surface area (Å²) in [5.74, 6) is -1.73. The van der Waals surface area contributed by atoms with Crippen LogP contribution in [0.3, 0.4) is 0 Å². The summed E-state index contributed by atoms with van der Waals surface area (Å²) < 4.78 is 71.5. The van der Waals surface area contributed by atoms with E-state index in [1.54, 1.807) is 26.0 Å². The molecule has 2 unspecified atom stereocenters. The summed E-state index contributed by atoms with van der Waals surface area (Å²) in [4.78, 5) is 21.6. The second kappa shape index (κ2) is 12.9. The molecule has 0 aliphatic carbocycles. The molecular formula is C33H35F4N7O4. The molecule has 4 aromatic rings. The van der Waals surface area contributed by atoms with Crippen molar-refractivity contribution in [2.75, 3.05) is 36.9 Å². The number of nitrogens with two attached hydrogens (primary N) is 1. The van der Waals surface area contributed by atoms with Gasteiger partial charge in [0.2, 0.25) is 17.9 Å². The number of halogens is 4. The minimum atomic E-state index is -4.89. The monoisotopic (exact) mass is 669 g/mol. The number of aryl methyl sites for hydroxylation is 1. The Morgan fingerprint density at radius 3 is 2.48 bits per heavy atom. The second-order valence-corrected chi connectivity index (χ2v) is 12.2. The third-order valence-corrected chi connectivity index (χ3v) is 8.90. The van der Waals surface area contributed by atoms with E-state index in [9.17, 15) is 27.5 Å². The van der Waals surface area contributed by atoms with Crippen molar-refractivity contribution in [3.8, 4) is 28.4 Å². The number of carboxylic acid groups (broad SMARTS) is 1. The van der Waals surface area contributed by atoms with Crippen molar-refractivity contribution in [3.05, 3.63) is 71.8 Å². The van der Waals surface area contributed by atoms with Gasteiger partial charge < -0.3 is 30.5 Å². The Bertz CT molecular complexity index is 1810. The van der Waals surface area contributed by atoms with Crippen LogP contribution in [0.1, 0.15) is 43.5 Å². The number of nitrogens with zero attached hydrogens (tertiary/aromatic N) is 5. The number of hydrogen-bond donors (Lipinski definition) is 3. The molecule has 2 aromatic carbocycles. The van der Waals surface area contributed by atoms with E-state index >= 15 is 0 Å². The number of carbonyl (C=O) groups is 1. The van der Waals surface area contributed by atoms with E-state index < -0.39 is 30.1 Å². The van der Waals surface area contributed by atoms with Gasteiger partial charge in [-0.2, -0.15) is 28.2 Å². The van der Waals surface area contributed by atoms with Crippen molar-refractivity contribution in [2.24, 2.45) is 5.41 Å². The summed E-state index contributed by atoms with van der Waals surface area (Å²) in [6, 6.07) is 11.0. The molecule has 4 heterocycles. The molecule has 1 spiro atoms. The summed E-state index contributed by atoms with van der Waals surface area (Å²) in [5, 5.41) is 16.8. The standard InChI is InChI=1S/C33H35F4N7O4/c1-3-47-26-7-5-20(14-23(26)34)21-4-6-22(25(15-21)44-11-8-19(2)42-44)29(33(35,36)37)48-28-16-27(40-31(38)41-28)43-12-9-32(10-13-43)17-24(30(45)46)39-18-32/h4-8,11,14-16,24,29,39H,3,9-10,12-13,17-18H2,1-2H3,(H,45,46)(H2,38,40,41). The fraction of sp³-hybridized carbons (Fsp3) is 0.394. The van der Waals surface area contributed by atoms with Crippen LogP contribution >= 0.6 is 0 Å². The molecular weight excluding hydrogens is 634 g/mol. The molecule has 0 saturated carbocycles. The van der Waals surface area contributed by atoms with Gasteiger partial charge in [0.25, 0.3) is 0 Å². The van der Waals surface area contributed by atoms with Crippen LogP contribution in [0, 0.1) is 18.2 Å². The van der Waals surface area contributed by atoms with Crippen LogP contribution < -0.4 is 25.4 Å². The van der Waals surface area contributed by atoms with Crippen molar-refractivity contribution in [2.45, 2.75) is 51.4 Å². The van der Waals surface area contributed by atoms with Gasteiger partial charge in [0.05, 0.1) is 18.0 Å². The third kappa shape index (κ3) is 6.86. The van der Waals surface area contributed by atoms with Crippen LogP contribution in [0.15, 0.2) is 54.7 Å². The van der Waals surface area contributed by atoms with Crippen LogP contribution in [-0.2, 0) is 4.79 Å². The largest absolute Gasteiger partial charge is 0.491 e. The molecule has 2 aliphatic rings. The summed E-state index contributed by atoms with van der Waals surface area (Å²) in [6.45, 7) is 5.30. The Hall–Kier alpha value is -4.92. The molecule has 2 aliphatic heterocycles. The third-order valence-electron chi connectivity index (χ3n) is 8.90. The van der Waals surface area contributed by atoms with Crippen LogP contribution in [0.25, 0.3) is 16.8 Å². The van der Waals surface area contributed by atoms with E-state index in [-0.39, 0.29) is 40.9 Å². The lowest BCUT2D eigenvalue weighted by molar-refractivity contribution is -0.198. The highest BCUT2D eigenvalue weighted by molar-refractivity contribution is 5.74. The van der Waals surface area contributed by atoms with Crippen LogP contribution in [0.5, 0.6) is 11.6 Å². The number of ether oxygens (including phenoxy) is 2. The second-order valence-electron chi connectivity index (χ2n) is 12.2. The quantitative estimate of drug-likeness (QED) is 0.197. The molecule has 2 atom stereocenters. The first-order valence-electron chi connectivity index (χ1n) is 15.5. The maximum Gasteiger partial charge on any atom is 0.429 e. The number of rotatable bonds is 9. The number of carboxylic acids is 1. The number of nitrogens with one attached hydrogen (secondary N) is 1. The molecule has 2 aromatic heterocycles. The van der Waals surface area contributed by atoms with Gasteiger partial charge in [0.1, 0.15) is 11.9 Å². The average molecular weight is 670 g/mol. The smallest absolute Gasteiger partial charge is 0.429 e. The van der Waals surface area contributed by atoms with Crippen molar-refractivity contribution in [1.29, 1.82) is 0 Å². The summed E-state index contributed by atoms with van der Waals surface area (Å²) in [5.41, 5.74) is 7.07. The zero-order chi connectivity index (χ0) is 34.2. The van der Waals surface area contributed by atoms with Gasteiger partial charge in [-0.05, 0) is 73.9 Å². The number of hydrogen-bond acceptors (Lipinski definition) is 9. The maximum atomic E-state index is 14.8. The van der Waals surface area contributed by atoms with E-state index in [1.807, 2.05) is 4.90 Å². The fourth-order valence-electron chi connectivity index (χ4n) is 6.41. The number of alkyl halides is 3. The molecule has 48 heavy (non-hydrogen) atoms. The van der Waals surface area contributed by atoms with Gasteiger partial charge in [-0.1, -0.05) is 18.2 Å². The van der Waals surface area contributed by atoms with E-state index in [0.29, 0.717) is 61.5 Å². The van der Waals surface area contributed by atoms with Gasteiger partial charge in [-0.3, -0.25) is 4.79 Å². The van der Waals surface area contributed by atoms with E-state index in [2.05, 4.69) is 20.4 Å². The number of nitrogen functional groups attached to an aromatic ring is 1. The Kier molecular flexibility index (Phi) is 8.90. The lowest BCUT2D eigenvalue weighted by Gasteiger charge is -2.39. The average Bonchev–Trinajstić information content (AvgIpc) is 3.67. The topological polar surface area (TPSA) is 141 Å². The molecule has 0 amide bonds. The number of piperidine rings is 1. The minimum Gasteiger partial charge on any atom is -0.491 e. The maximum absolute atomic E-state index is 14.8. The molecule has 6 rings (SSSR count). The van der Waals surface area contributed by atoms with Gasteiger partial charge in [0, 0.05) is 37.5 Å². The van der Waals surface area contributed by atoms with Gasteiger partial charge in [-0.15, -0.1) is 0 Å². The van der Waals surface area contributed by atoms with Gasteiger partial charge in [0.15, 0.2) is 11.6 Å². The highest BCUT2D eigenvalue weighted by Crippen LogP contribution is 2.43. The fourth-order valence-corrected chi connectivity index (χ4v) is 6.41. The normalized spacial score (nSPS) is 18.2. The molecule has 4 N–H and O–H groups in total. The van der Waals surface area contributed by atoms with Crippen molar-refractivity contribution in [3.63, 3.8) is 0 Å². The van der Waals surface area contributed by atoms with Crippen molar-refractivity contribution < 1.29 is 36.9 Å². The van der Waals surface area contributed by atoms with E-state index in [4.69, 9.17) is 15.2 Å². The number of aliphatic carboxylic acids is 1. The summed E-state index contributed by atoms with van der Waals surface area (Å²) in [6.07, 6.45) is -3.98. The molecule has 15 heteroatoms. The van der Waals surface area contributed by atoms with Crippen LogP contribution in [0.4, 0.5) is 29.3 Å². The van der Waals surface area contributed by atoms with Gasteiger partial charge >= 0.3 is 12.1 Å². The van der Waals surface area contributed by atoms with Gasteiger partial charge in [-0.25, -0.2) is 9.07 Å². The molecule has 0 radical (unpaired) electrons. The first kappa shape index (κ1) is 33.0. The van der Waals surface area contributed by atoms with E-state index in [1.165, 1.54) is 47.3 Å². The summed E-state index contributed by atoms with van der Waals surface area (Å²) in [7, 11) is 0. The molecule has 0 bridgehead atoms. The van der Waals surface area contributed by atoms with E-state index in [0.717, 1.165) is 0 Å². The Morgan fingerprint density at radius 2 is 1.85 bits per heavy atom. The number of anilines is 2. The van der Waals surface area contributed by atoms with Crippen LogP contribution in [-0.4, -0.2) is 69.3 Å². The number of benzene rings is 2. The highest BCUT2D eigenvalue weighted by atomic mass is 19.4. The SMILES string of the molecule is CCOc1ccc(-c2ccc(C(Oc3cc(N4CCC5(CC4)CNC(C(=O)O)C5)nc(N)n3)C(F)(F)F)c(-n3ccc(C)n3)c2)cc1F. The molecule has 2 saturated heterocycles. The predicted octanol–water partition coefficient (Wildman–Crippen LogP) is 5.47. The lowest BCUT2D eigenvalue weighted by Crippen LogP contribution is -2.41. The molecule has 11 nitrogen and oxygen atoms in total. The highest BCUT2D eigenvalue weighted by Gasteiger charge is 2.46. The summed E-state index contributed by atoms with van der Waals surface area (Å²) >= 11 is 0. The zero-order valence-corrected chi connectivity index (χ0v) is 26.3. The Labute approximate surface area is 273 Å². The lowest BCUT2D eigenvalue weighted by atomic mass is 9.76. The van der Waals surface area contributed by atoms with Crippen molar-refractivity contribution in [1.82, 2.24) is 25.1 Å². The number of aromatic nitrogens is 4. The molecule has 2 fully saturated rings. The van der Waals surface area contributed by atoms with Crippen LogP contribution in [0.2, 0.25) is 0 Å². The Morgan fingerprint density at radius 1 is 1.12 bits per heavy atom. The minimum absolute atomic E-state index is 0.0706. The van der Waals surface area contributed by atoms with Crippen molar-refractivity contribution >= 4 is 17.7 Å². The Balaban J connectivity index is 1.31.